The molecule has 0 radical (unpaired) electrons. The zero-order valence-electron chi connectivity index (χ0n) is 12.8. The van der Waals surface area contributed by atoms with Gasteiger partial charge in [0.2, 0.25) is 0 Å². The number of hydrogen-bond donors (Lipinski definition) is 2. The van der Waals surface area contributed by atoms with Crippen LogP contribution in [0.2, 0.25) is 0 Å². The lowest BCUT2D eigenvalue weighted by atomic mass is 10.0. The number of rotatable bonds is 5. The van der Waals surface area contributed by atoms with Crippen LogP contribution in [-0.4, -0.2) is 52.5 Å². The van der Waals surface area contributed by atoms with Crippen molar-refractivity contribution in [2.75, 3.05) is 51.6 Å². The number of carbonyl (C=O) groups is 1. The number of ether oxygens (including phenoxy) is 2. The maximum Gasteiger partial charge on any atom is 0.251 e. The van der Waals surface area contributed by atoms with Crippen molar-refractivity contribution in [2.24, 2.45) is 0 Å². The van der Waals surface area contributed by atoms with E-state index in [1.807, 2.05) is 25.1 Å². The van der Waals surface area contributed by atoms with Gasteiger partial charge < -0.3 is 25.4 Å². The van der Waals surface area contributed by atoms with Crippen LogP contribution in [0.1, 0.15) is 16.8 Å². The maximum absolute atomic E-state index is 12.2. The first kappa shape index (κ1) is 15.6. The van der Waals surface area contributed by atoms with E-state index < -0.39 is 5.60 Å². The molecule has 0 bridgehead atoms. The fourth-order valence-corrected chi connectivity index (χ4v) is 2.41. The summed E-state index contributed by atoms with van der Waals surface area (Å²) < 4.78 is 10.8. The van der Waals surface area contributed by atoms with Crippen LogP contribution in [0.5, 0.6) is 0 Å². The second kappa shape index (κ2) is 6.32. The van der Waals surface area contributed by atoms with Crippen LogP contribution in [-0.2, 0) is 9.47 Å². The predicted molar refractivity (Wildman–Crippen MR) is 82.7 cm³/mol. The van der Waals surface area contributed by atoms with Crippen LogP contribution >= 0.6 is 0 Å². The first-order valence-electron chi connectivity index (χ1n) is 6.95. The summed E-state index contributed by atoms with van der Waals surface area (Å²) in [5.41, 5.74) is 7.57. The van der Waals surface area contributed by atoms with Crippen molar-refractivity contribution < 1.29 is 14.3 Å². The number of methoxy groups -OCH3 is 1. The van der Waals surface area contributed by atoms with Crippen molar-refractivity contribution in [2.45, 2.75) is 12.0 Å². The molecule has 6 nitrogen and oxygen atoms in total. The standard InChI is InChI=1S/C15H23N3O3/c1-18(2)13-5-4-11(8-12(13)16)14(19)17-9-15(20-3)6-7-21-10-15/h4-5,8H,6-7,9-10,16H2,1-3H3,(H,17,19). The molecular weight excluding hydrogens is 270 g/mol. The summed E-state index contributed by atoms with van der Waals surface area (Å²) >= 11 is 0. The lowest BCUT2D eigenvalue weighted by Gasteiger charge is -2.26. The number of hydrogen-bond acceptors (Lipinski definition) is 5. The van der Waals surface area contributed by atoms with Crippen molar-refractivity contribution in [1.29, 1.82) is 0 Å². The van der Waals surface area contributed by atoms with Gasteiger partial charge in [0.05, 0.1) is 18.0 Å². The molecule has 1 aliphatic heterocycles. The van der Waals surface area contributed by atoms with Gasteiger partial charge in [0.25, 0.3) is 5.91 Å². The van der Waals surface area contributed by atoms with Crippen LogP contribution in [0.25, 0.3) is 0 Å². The molecule has 1 aromatic rings. The third-order valence-electron chi connectivity index (χ3n) is 3.84. The van der Waals surface area contributed by atoms with Crippen LogP contribution in [0.15, 0.2) is 18.2 Å². The highest BCUT2D eigenvalue weighted by Crippen LogP contribution is 2.23. The van der Waals surface area contributed by atoms with Gasteiger partial charge in [-0.1, -0.05) is 0 Å². The summed E-state index contributed by atoms with van der Waals surface area (Å²) in [5.74, 6) is -0.157. The van der Waals surface area contributed by atoms with Gasteiger partial charge in [-0.05, 0) is 18.2 Å². The van der Waals surface area contributed by atoms with E-state index in [-0.39, 0.29) is 5.91 Å². The van der Waals surface area contributed by atoms with Gasteiger partial charge in [-0.2, -0.15) is 0 Å². The Bertz CT molecular complexity index is 511. The molecule has 1 unspecified atom stereocenters. The molecule has 0 spiro atoms. The van der Waals surface area contributed by atoms with E-state index in [0.29, 0.717) is 31.0 Å². The van der Waals surface area contributed by atoms with Gasteiger partial charge in [0, 0.05) is 46.3 Å². The molecule has 2 rings (SSSR count). The smallest absolute Gasteiger partial charge is 0.251 e. The average Bonchev–Trinajstić information content (AvgIpc) is 2.93. The van der Waals surface area contributed by atoms with E-state index in [1.165, 1.54) is 0 Å². The molecule has 1 fully saturated rings. The number of nitrogens with two attached hydrogens (primary N) is 1. The number of nitrogen functional groups attached to an aromatic ring is 1. The van der Waals surface area contributed by atoms with Crippen LogP contribution in [0, 0.1) is 0 Å². The Morgan fingerprint density at radius 3 is 2.81 bits per heavy atom. The summed E-state index contributed by atoms with van der Waals surface area (Å²) in [6.07, 6.45) is 0.783. The Morgan fingerprint density at radius 2 is 2.29 bits per heavy atom. The van der Waals surface area contributed by atoms with E-state index in [9.17, 15) is 4.79 Å². The molecule has 1 aromatic carbocycles. The van der Waals surface area contributed by atoms with Gasteiger partial charge >= 0.3 is 0 Å². The van der Waals surface area contributed by atoms with Gasteiger partial charge in [-0.15, -0.1) is 0 Å². The highest BCUT2D eigenvalue weighted by Gasteiger charge is 2.35. The van der Waals surface area contributed by atoms with E-state index in [1.54, 1.807) is 19.2 Å². The molecule has 0 aromatic heterocycles. The average molecular weight is 293 g/mol. The monoisotopic (exact) mass is 293 g/mol. The fourth-order valence-electron chi connectivity index (χ4n) is 2.41. The molecule has 0 aliphatic carbocycles. The largest absolute Gasteiger partial charge is 0.397 e. The lowest BCUT2D eigenvalue weighted by molar-refractivity contribution is -0.0148. The Balaban J connectivity index is 2.02. The molecular formula is C15H23N3O3. The number of amides is 1. The first-order valence-corrected chi connectivity index (χ1v) is 6.95. The Hall–Kier alpha value is -1.79. The van der Waals surface area contributed by atoms with Crippen molar-refractivity contribution in [3.8, 4) is 0 Å². The third kappa shape index (κ3) is 3.46. The van der Waals surface area contributed by atoms with Crippen LogP contribution < -0.4 is 16.0 Å². The van der Waals surface area contributed by atoms with Gasteiger partial charge in [0.15, 0.2) is 0 Å². The minimum atomic E-state index is -0.412. The third-order valence-corrected chi connectivity index (χ3v) is 3.84. The van der Waals surface area contributed by atoms with Gasteiger partial charge in [-0.25, -0.2) is 0 Å². The molecule has 0 saturated carbocycles. The van der Waals surface area contributed by atoms with Crippen LogP contribution in [0.3, 0.4) is 0 Å². The quantitative estimate of drug-likeness (QED) is 0.788. The second-order valence-electron chi connectivity index (χ2n) is 5.54. The van der Waals surface area contributed by atoms with E-state index in [4.69, 9.17) is 15.2 Å². The van der Waals surface area contributed by atoms with E-state index in [2.05, 4.69) is 5.32 Å². The Kier molecular flexibility index (Phi) is 4.69. The molecule has 1 atom stereocenters. The van der Waals surface area contributed by atoms with Gasteiger partial charge in [-0.3, -0.25) is 4.79 Å². The summed E-state index contributed by atoms with van der Waals surface area (Å²) in [5, 5.41) is 2.90. The topological polar surface area (TPSA) is 76.8 Å². The van der Waals surface area contributed by atoms with Crippen molar-refractivity contribution in [3.63, 3.8) is 0 Å². The van der Waals surface area contributed by atoms with E-state index in [0.717, 1.165) is 12.1 Å². The number of anilines is 2. The number of benzene rings is 1. The highest BCUT2D eigenvalue weighted by molar-refractivity contribution is 5.96. The molecule has 1 saturated heterocycles. The molecule has 21 heavy (non-hydrogen) atoms. The molecule has 1 heterocycles. The molecule has 3 N–H and O–H groups in total. The summed E-state index contributed by atoms with van der Waals surface area (Å²) in [7, 11) is 5.46. The minimum Gasteiger partial charge on any atom is -0.397 e. The summed E-state index contributed by atoms with van der Waals surface area (Å²) in [6, 6.07) is 5.30. The molecule has 6 heteroatoms. The number of nitrogens with zero attached hydrogens (tertiary/aromatic N) is 1. The first-order chi connectivity index (χ1) is 9.97. The fraction of sp³-hybridized carbons (Fsp3) is 0.533. The zero-order chi connectivity index (χ0) is 15.5. The van der Waals surface area contributed by atoms with Crippen LogP contribution in [0.4, 0.5) is 11.4 Å². The zero-order valence-corrected chi connectivity index (χ0v) is 12.8. The lowest BCUT2D eigenvalue weighted by Crippen LogP contribution is -2.45. The minimum absolute atomic E-state index is 0.157. The SMILES string of the molecule is COC1(CNC(=O)c2ccc(N(C)C)c(N)c2)CCOC1. The number of nitrogens with one attached hydrogen (secondary N) is 1. The summed E-state index contributed by atoms with van der Waals surface area (Å²) in [4.78, 5) is 14.1. The maximum atomic E-state index is 12.2. The normalized spacial score (nSPS) is 21.3. The molecule has 1 amide bonds. The molecule has 116 valence electrons. The van der Waals surface area contributed by atoms with E-state index >= 15 is 0 Å². The van der Waals surface area contributed by atoms with Gasteiger partial charge in [0.1, 0.15) is 5.60 Å². The Labute approximate surface area is 125 Å². The predicted octanol–water partition coefficient (Wildman–Crippen LogP) is 0.870. The summed E-state index contributed by atoms with van der Waals surface area (Å²) in [6.45, 7) is 1.59. The molecule has 1 aliphatic rings. The Morgan fingerprint density at radius 1 is 1.52 bits per heavy atom. The number of carbonyl (C=O) groups excluding carboxylic acids is 1. The van der Waals surface area contributed by atoms with Crippen molar-refractivity contribution in [1.82, 2.24) is 5.32 Å². The van der Waals surface area contributed by atoms with Crippen molar-refractivity contribution >= 4 is 17.3 Å². The highest BCUT2D eigenvalue weighted by atomic mass is 16.5. The van der Waals surface area contributed by atoms with Crippen molar-refractivity contribution in [3.05, 3.63) is 23.8 Å². The second-order valence-corrected chi connectivity index (χ2v) is 5.54.